The van der Waals surface area contributed by atoms with Crippen molar-refractivity contribution >= 4 is 29.3 Å². The van der Waals surface area contributed by atoms with E-state index in [9.17, 15) is 10.1 Å². The molecule has 2 aromatic carbocycles. The molecule has 1 heterocycles. The Kier molecular flexibility index (Phi) is 7.21. The highest BCUT2D eigenvalue weighted by Crippen LogP contribution is 2.34. The lowest BCUT2D eigenvalue weighted by Gasteiger charge is -2.36. The van der Waals surface area contributed by atoms with Gasteiger partial charge in [-0.15, -0.1) is 0 Å². The van der Waals surface area contributed by atoms with Crippen LogP contribution in [0.25, 0.3) is 6.08 Å². The van der Waals surface area contributed by atoms with Crippen molar-refractivity contribution in [3.05, 3.63) is 58.6 Å². The van der Waals surface area contributed by atoms with Crippen LogP contribution in [0.5, 0.6) is 11.5 Å². The molecule has 0 bridgehead atoms. The van der Waals surface area contributed by atoms with Crippen LogP contribution in [0.2, 0.25) is 5.02 Å². The van der Waals surface area contributed by atoms with Gasteiger partial charge in [-0.2, -0.15) is 5.26 Å². The van der Waals surface area contributed by atoms with E-state index in [1.54, 1.807) is 17.0 Å². The van der Waals surface area contributed by atoms with Crippen LogP contribution in [0, 0.1) is 11.3 Å². The van der Waals surface area contributed by atoms with Gasteiger partial charge in [-0.3, -0.25) is 4.79 Å². The van der Waals surface area contributed by atoms with E-state index in [1.165, 1.54) is 13.2 Å². The molecular formula is C23H24ClN3O3. The van der Waals surface area contributed by atoms with E-state index in [2.05, 4.69) is 17.0 Å². The minimum Gasteiger partial charge on any atom is -0.493 e. The Balaban J connectivity index is 1.76. The fourth-order valence-corrected chi connectivity index (χ4v) is 3.57. The molecule has 1 aliphatic heterocycles. The number of rotatable bonds is 6. The maximum atomic E-state index is 12.9. The Morgan fingerprint density at radius 3 is 2.47 bits per heavy atom. The number of hydrogen-bond acceptors (Lipinski definition) is 5. The number of carbonyl (C=O) groups excluding carboxylic acids is 1. The zero-order valence-corrected chi connectivity index (χ0v) is 17.9. The zero-order valence-electron chi connectivity index (χ0n) is 17.1. The van der Waals surface area contributed by atoms with Gasteiger partial charge in [0.2, 0.25) is 0 Å². The molecule has 30 heavy (non-hydrogen) atoms. The highest BCUT2D eigenvalue weighted by Gasteiger charge is 2.24. The van der Waals surface area contributed by atoms with Crippen molar-refractivity contribution in [1.29, 1.82) is 5.26 Å². The number of methoxy groups -OCH3 is 1. The lowest BCUT2D eigenvalue weighted by molar-refractivity contribution is -0.126. The van der Waals surface area contributed by atoms with Gasteiger partial charge in [0.25, 0.3) is 5.91 Å². The molecule has 0 aliphatic carbocycles. The number of ether oxygens (including phenoxy) is 2. The van der Waals surface area contributed by atoms with Crippen LogP contribution in [0.15, 0.2) is 48.0 Å². The summed E-state index contributed by atoms with van der Waals surface area (Å²) in [6.07, 6.45) is 1.51. The van der Waals surface area contributed by atoms with E-state index in [1.807, 2.05) is 31.2 Å². The minimum atomic E-state index is -0.296. The number of halogens is 1. The van der Waals surface area contributed by atoms with Crippen molar-refractivity contribution in [2.24, 2.45) is 0 Å². The second-order valence-corrected chi connectivity index (χ2v) is 7.15. The average Bonchev–Trinajstić information content (AvgIpc) is 2.79. The Labute approximate surface area is 181 Å². The number of hydrogen-bond donors (Lipinski definition) is 0. The van der Waals surface area contributed by atoms with Crippen LogP contribution >= 0.6 is 11.6 Å². The Morgan fingerprint density at radius 2 is 1.87 bits per heavy atom. The molecule has 0 N–H and O–H groups in total. The summed E-state index contributed by atoms with van der Waals surface area (Å²) < 4.78 is 10.9. The maximum absolute atomic E-state index is 12.9. The van der Waals surface area contributed by atoms with Crippen LogP contribution in [-0.4, -0.2) is 50.7 Å². The quantitative estimate of drug-likeness (QED) is 0.517. The number of para-hydroxylation sites is 1. The molecule has 1 fully saturated rings. The fraction of sp³-hybridized carbons (Fsp3) is 0.304. The van der Waals surface area contributed by atoms with Crippen molar-refractivity contribution in [2.45, 2.75) is 6.92 Å². The Bertz CT molecular complexity index is 962. The molecule has 7 heteroatoms. The van der Waals surface area contributed by atoms with Crippen LogP contribution in [0.4, 0.5) is 5.69 Å². The monoisotopic (exact) mass is 425 g/mol. The average molecular weight is 426 g/mol. The van der Waals surface area contributed by atoms with Crippen LogP contribution in [0.1, 0.15) is 12.5 Å². The van der Waals surface area contributed by atoms with E-state index in [0.29, 0.717) is 54.9 Å². The Hall–Kier alpha value is -3.17. The van der Waals surface area contributed by atoms with Crippen molar-refractivity contribution in [2.75, 3.05) is 44.8 Å². The first-order valence-electron chi connectivity index (χ1n) is 9.78. The largest absolute Gasteiger partial charge is 0.493 e. The maximum Gasteiger partial charge on any atom is 0.264 e. The van der Waals surface area contributed by atoms with Crippen molar-refractivity contribution < 1.29 is 14.3 Å². The third kappa shape index (κ3) is 4.87. The second kappa shape index (κ2) is 10.0. The van der Waals surface area contributed by atoms with Gasteiger partial charge in [-0.1, -0.05) is 29.8 Å². The molecular weight excluding hydrogens is 402 g/mol. The third-order valence-electron chi connectivity index (χ3n) is 4.92. The molecule has 2 aromatic rings. The molecule has 1 aliphatic rings. The number of nitrogens with zero attached hydrogens (tertiary/aromatic N) is 3. The number of carbonyl (C=O) groups is 1. The van der Waals surface area contributed by atoms with Gasteiger partial charge in [0.15, 0.2) is 11.5 Å². The van der Waals surface area contributed by atoms with Gasteiger partial charge < -0.3 is 19.3 Å². The van der Waals surface area contributed by atoms with Crippen LogP contribution < -0.4 is 14.4 Å². The van der Waals surface area contributed by atoms with Gasteiger partial charge in [-0.25, -0.2) is 0 Å². The number of amides is 1. The molecule has 1 amide bonds. The summed E-state index contributed by atoms with van der Waals surface area (Å²) in [4.78, 5) is 16.9. The van der Waals surface area contributed by atoms with E-state index in [4.69, 9.17) is 21.1 Å². The molecule has 0 spiro atoms. The summed E-state index contributed by atoms with van der Waals surface area (Å²) in [6, 6.07) is 15.4. The molecule has 6 nitrogen and oxygen atoms in total. The van der Waals surface area contributed by atoms with Crippen LogP contribution in [-0.2, 0) is 4.79 Å². The lowest BCUT2D eigenvalue weighted by atomic mass is 10.1. The van der Waals surface area contributed by atoms with Crippen molar-refractivity contribution in [3.8, 4) is 17.6 Å². The first kappa shape index (κ1) is 21.5. The summed E-state index contributed by atoms with van der Waals surface area (Å²) in [5.41, 5.74) is 1.71. The van der Waals surface area contributed by atoms with E-state index < -0.39 is 0 Å². The third-order valence-corrected chi connectivity index (χ3v) is 5.25. The number of benzene rings is 2. The predicted octanol–water partition coefficient (Wildman–Crippen LogP) is 4.00. The van der Waals surface area contributed by atoms with Crippen LogP contribution in [0.3, 0.4) is 0 Å². The van der Waals surface area contributed by atoms with E-state index in [0.717, 1.165) is 5.69 Å². The number of piperazine rings is 1. The van der Waals surface area contributed by atoms with Crippen molar-refractivity contribution in [3.63, 3.8) is 0 Å². The summed E-state index contributed by atoms with van der Waals surface area (Å²) in [6.45, 7) is 4.85. The molecule has 0 radical (unpaired) electrons. The van der Waals surface area contributed by atoms with Crippen molar-refractivity contribution in [1.82, 2.24) is 4.90 Å². The fourth-order valence-electron chi connectivity index (χ4n) is 3.36. The highest BCUT2D eigenvalue weighted by molar-refractivity contribution is 6.32. The SMILES string of the molecule is CCOc1cc(/C=C(/C#N)C(=O)N2CCN(c3ccccc3)CC2)c(Cl)cc1OC. The number of anilines is 1. The number of nitriles is 1. The summed E-state index contributed by atoms with van der Waals surface area (Å²) in [7, 11) is 1.53. The van der Waals surface area contributed by atoms with Gasteiger partial charge in [0.1, 0.15) is 11.6 Å². The first-order chi connectivity index (χ1) is 14.6. The lowest BCUT2D eigenvalue weighted by Crippen LogP contribution is -2.49. The van der Waals surface area contributed by atoms with E-state index >= 15 is 0 Å². The summed E-state index contributed by atoms with van der Waals surface area (Å²) in [5.74, 6) is 0.716. The molecule has 1 saturated heterocycles. The first-order valence-corrected chi connectivity index (χ1v) is 10.2. The molecule has 3 rings (SSSR count). The summed E-state index contributed by atoms with van der Waals surface area (Å²) >= 11 is 6.34. The topological polar surface area (TPSA) is 65.8 Å². The molecule has 0 atom stereocenters. The van der Waals surface area contributed by atoms with E-state index in [-0.39, 0.29) is 11.5 Å². The van der Waals surface area contributed by atoms with Gasteiger partial charge in [0.05, 0.1) is 18.7 Å². The van der Waals surface area contributed by atoms with Gasteiger partial charge in [0, 0.05) is 37.9 Å². The predicted molar refractivity (Wildman–Crippen MR) is 118 cm³/mol. The van der Waals surface area contributed by atoms with Gasteiger partial charge in [-0.05, 0) is 36.8 Å². The summed E-state index contributed by atoms with van der Waals surface area (Å²) in [5, 5.41) is 9.99. The zero-order chi connectivity index (χ0) is 21.5. The molecule has 0 aromatic heterocycles. The second-order valence-electron chi connectivity index (χ2n) is 6.74. The Morgan fingerprint density at radius 1 is 1.17 bits per heavy atom. The minimum absolute atomic E-state index is 0.0395. The van der Waals surface area contributed by atoms with Gasteiger partial charge >= 0.3 is 0 Å². The standard InChI is InChI=1S/C23H24ClN3O3/c1-3-30-22-14-17(20(24)15-21(22)29-2)13-18(16-25)23(28)27-11-9-26(10-12-27)19-7-5-4-6-8-19/h4-8,13-15H,3,9-12H2,1-2H3/b18-13-. The normalized spacial score (nSPS) is 14.3. The molecule has 0 unspecified atom stereocenters. The molecule has 156 valence electrons. The smallest absolute Gasteiger partial charge is 0.264 e. The highest BCUT2D eigenvalue weighted by atomic mass is 35.5. The molecule has 0 saturated carbocycles.